The van der Waals surface area contributed by atoms with Gasteiger partial charge in [-0.3, -0.25) is 0 Å². The molecule has 2 N–H and O–H groups in total. The van der Waals surface area contributed by atoms with Crippen molar-refractivity contribution < 1.29 is 0 Å². The summed E-state index contributed by atoms with van der Waals surface area (Å²) in [6, 6.07) is 0. The third-order valence-electron chi connectivity index (χ3n) is 3.00. The van der Waals surface area contributed by atoms with Crippen LogP contribution in [0.3, 0.4) is 0 Å². The maximum absolute atomic E-state index is 5.47. The van der Waals surface area contributed by atoms with E-state index in [9.17, 15) is 0 Å². The van der Waals surface area contributed by atoms with Crippen molar-refractivity contribution in [3.63, 3.8) is 0 Å². The summed E-state index contributed by atoms with van der Waals surface area (Å²) in [6.45, 7) is 2.74. The predicted octanol–water partition coefficient (Wildman–Crippen LogP) is 0.744. The average Bonchev–Trinajstić information content (AvgIpc) is 2.29. The molecule has 1 aromatic rings. The minimum atomic E-state index is 0.421. The number of rotatable bonds is 2. The van der Waals surface area contributed by atoms with E-state index in [1.807, 2.05) is 12.4 Å². The summed E-state index contributed by atoms with van der Waals surface area (Å²) in [6.07, 6.45) is 6.37. The van der Waals surface area contributed by atoms with Gasteiger partial charge in [-0.15, -0.1) is 0 Å². The number of hydrogen-bond acceptors (Lipinski definition) is 4. The molecule has 0 radical (unpaired) electrons. The molecule has 1 atom stereocenters. The van der Waals surface area contributed by atoms with Crippen molar-refractivity contribution in [2.45, 2.75) is 25.3 Å². The van der Waals surface area contributed by atoms with Gasteiger partial charge < -0.3 is 10.6 Å². The molecule has 82 valence electrons. The SMILES string of the molecule is CN1CCCC(c2cnc(CN)nc2)C1. The van der Waals surface area contributed by atoms with Crippen LogP contribution in [-0.4, -0.2) is 35.0 Å². The fourth-order valence-electron chi connectivity index (χ4n) is 2.12. The van der Waals surface area contributed by atoms with E-state index >= 15 is 0 Å². The molecule has 1 aliphatic rings. The topological polar surface area (TPSA) is 55.0 Å². The first kappa shape index (κ1) is 10.5. The first-order valence-electron chi connectivity index (χ1n) is 5.49. The Labute approximate surface area is 90.5 Å². The fourth-order valence-corrected chi connectivity index (χ4v) is 2.12. The van der Waals surface area contributed by atoms with Crippen molar-refractivity contribution in [1.82, 2.24) is 14.9 Å². The van der Waals surface area contributed by atoms with Crippen LogP contribution in [0.4, 0.5) is 0 Å². The molecular weight excluding hydrogens is 188 g/mol. The van der Waals surface area contributed by atoms with Crippen LogP contribution in [0.15, 0.2) is 12.4 Å². The maximum atomic E-state index is 5.47. The molecule has 1 aliphatic heterocycles. The standard InChI is InChI=1S/C11H18N4/c1-15-4-2-3-9(8-15)10-6-13-11(5-12)14-7-10/h6-7,9H,2-5,8,12H2,1H3. The first-order valence-corrected chi connectivity index (χ1v) is 5.49. The molecule has 1 aromatic heterocycles. The lowest BCUT2D eigenvalue weighted by atomic mass is 9.93. The molecule has 1 fully saturated rings. The maximum Gasteiger partial charge on any atom is 0.141 e. The van der Waals surface area contributed by atoms with E-state index in [2.05, 4.69) is 21.9 Å². The molecular formula is C11H18N4. The molecule has 0 spiro atoms. The third kappa shape index (κ3) is 2.52. The van der Waals surface area contributed by atoms with Crippen LogP contribution in [0.1, 0.15) is 30.1 Å². The second-order valence-corrected chi connectivity index (χ2v) is 4.24. The zero-order valence-electron chi connectivity index (χ0n) is 9.19. The molecule has 15 heavy (non-hydrogen) atoms. The van der Waals surface area contributed by atoms with Gasteiger partial charge in [0.25, 0.3) is 0 Å². The zero-order chi connectivity index (χ0) is 10.7. The number of aromatic nitrogens is 2. The highest BCUT2D eigenvalue weighted by Crippen LogP contribution is 2.24. The van der Waals surface area contributed by atoms with Crippen molar-refractivity contribution in [2.75, 3.05) is 20.1 Å². The normalized spacial score (nSPS) is 22.9. The van der Waals surface area contributed by atoms with Gasteiger partial charge in [0.15, 0.2) is 0 Å². The van der Waals surface area contributed by atoms with Crippen molar-refractivity contribution in [2.24, 2.45) is 5.73 Å². The van der Waals surface area contributed by atoms with Crippen LogP contribution >= 0.6 is 0 Å². The Morgan fingerprint density at radius 3 is 2.80 bits per heavy atom. The molecule has 1 saturated heterocycles. The first-order chi connectivity index (χ1) is 7.29. The molecule has 0 amide bonds. The summed E-state index contributed by atoms with van der Waals surface area (Å²) in [5, 5.41) is 0. The van der Waals surface area contributed by atoms with Crippen molar-refractivity contribution in [3.8, 4) is 0 Å². The largest absolute Gasteiger partial charge is 0.324 e. The smallest absolute Gasteiger partial charge is 0.141 e. The Morgan fingerprint density at radius 2 is 2.20 bits per heavy atom. The third-order valence-corrected chi connectivity index (χ3v) is 3.00. The minimum absolute atomic E-state index is 0.421. The number of piperidine rings is 1. The van der Waals surface area contributed by atoms with E-state index in [1.54, 1.807) is 0 Å². The summed E-state index contributed by atoms with van der Waals surface area (Å²) in [7, 11) is 2.17. The molecule has 1 unspecified atom stereocenters. The highest BCUT2D eigenvalue weighted by molar-refractivity contribution is 5.13. The van der Waals surface area contributed by atoms with Gasteiger partial charge in [0, 0.05) is 18.9 Å². The van der Waals surface area contributed by atoms with Crippen LogP contribution < -0.4 is 5.73 Å². The molecule has 0 aromatic carbocycles. The van der Waals surface area contributed by atoms with Crippen LogP contribution in [0.5, 0.6) is 0 Å². The lowest BCUT2D eigenvalue weighted by Gasteiger charge is -2.29. The van der Waals surface area contributed by atoms with E-state index in [0.717, 1.165) is 12.4 Å². The zero-order valence-corrected chi connectivity index (χ0v) is 9.19. The fraction of sp³-hybridized carbons (Fsp3) is 0.636. The highest BCUT2D eigenvalue weighted by atomic mass is 15.1. The summed E-state index contributed by atoms with van der Waals surface area (Å²) in [5.74, 6) is 1.32. The average molecular weight is 206 g/mol. The quantitative estimate of drug-likeness (QED) is 0.775. The van der Waals surface area contributed by atoms with E-state index in [4.69, 9.17) is 5.73 Å². The Morgan fingerprint density at radius 1 is 1.47 bits per heavy atom. The second kappa shape index (κ2) is 4.68. The lowest BCUT2D eigenvalue weighted by molar-refractivity contribution is 0.250. The Balaban J connectivity index is 2.07. The lowest BCUT2D eigenvalue weighted by Crippen LogP contribution is -2.30. The molecule has 2 rings (SSSR count). The van der Waals surface area contributed by atoms with Gasteiger partial charge in [-0.25, -0.2) is 9.97 Å². The monoisotopic (exact) mass is 206 g/mol. The van der Waals surface area contributed by atoms with Crippen LogP contribution in [0, 0.1) is 0 Å². The van der Waals surface area contributed by atoms with Gasteiger partial charge in [-0.1, -0.05) is 0 Å². The number of likely N-dealkylation sites (N-methyl/N-ethyl adjacent to an activating group) is 1. The summed E-state index contributed by atoms with van der Waals surface area (Å²) >= 11 is 0. The molecule has 4 heteroatoms. The van der Waals surface area contributed by atoms with E-state index in [0.29, 0.717) is 12.5 Å². The van der Waals surface area contributed by atoms with Gasteiger partial charge in [-0.05, 0) is 37.9 Å². The van der Waals surface area contributed by atoms with Crippen LogP contribution in [0.25, 0.3) is 0 Å². The summed E-state index contributed by atoms with van der Waals surface area (Å²) in [4.78, 5) is 10.9. The molecule has 0 aliphatic carbocycles. The van der Waals surface area contributed by atoms with Crippen LogP contribution in [0.2, 0.25) is 0 Å². The van der Waals surface area contributed by atoms with Crippen molar-refractivity contribution in [1.29, 1.82) is 0 Å². The Bertz CT molecular complexity index is 309. The second-order valence-electron chi connectivity index (χ2n) is 4.24. The van der Waals surface area contributed by atoms with Crippen molar-refractivity contribution in [3.05, 3.63) is 23.8 Å². The van der Waals surface area contributed by atoms with Gasteiger partial charge >= 0.3 is 0 Å². The predicted molar refractivity (Wildman–Crippen MR) is 59.4 cm³/mol. The number of nitrogens with two attached hydrogens (primary N) is 1. The van der Waals surface area contributed by atoms with Gasteiger partial charge in [0.2, 0.25) is 0 Å². The van der Waals surface area contributed by atoms with Crippen LogP contribution in [-0.2, 0) is 6.54 Å². The van der Waals surface area contributed by atoms with Crippen molar-refractivity contribution >= 4 is 0 Å². The summed E-state index contributed by atoms with van der Waals surface area (Å²) in [5.41, 5.74) is 6.72. The van der Waals surface area contributed by atoms with E-state index in [-0.39, 0.29) is 0 Å². The highest BCUT2D eigenvalue weighted by Gasteiger charge is 2.19. The van der Waals surface area contributed by atoms with Gasteiger partial charge in [0.1, 0.15) is 5.82 Å². The number of hydrogen-bond donors (Lipinski definition) is 1. The number of nitrogens with zero attached hydrogens (tertiary/aromatic N) is 3. The molecule has 2 heterocycles. The molecule has 0 saturated carbocycles. The van der Waals surface area contributed by atoms with E-state index in [1.165, 1.54) is 24.9 Å². The Kier molecular flexibility index (Phi) is 3.28. The Hall–Kier alpha value is -1.00. The molecule has 4 nitrogen and oxygen atoms in total. The van der Waals surface area contributed by atoms with E-state index < -0.39 is 0 Å². The molecule has 0 bridgehead atoms. The minimum Gasteiger partial charge on any atom is -0.324 e. The summed E-state index contributed by atoms with van der Waals surface area (Å²) < 4.78 is 0. The number of likely N-dealkylation sites (tertiary alicyclic amines) is 1. The van der Waals surface area contributed by atoms with Gasteiger partial charge in [-0.2, -0.15) is 0 Å². The van der Waals surface area contributed by atoms with Gasteiger partial charge in [0.05, 0.1) is 6.54 Å².